The zero-order valence-electron chi connectivity index (χ0n) is 13.6. The predicted molar refractivity (Wildman–Crippen MR) is 91.3 cm³/mol. The van der Waals surface area contributed by atoms with Crippen molar-refractivity contribution in [2.45, 2.75) is 13.0 Å². The normalized spacial score (nSPS) is 10.5. The predicted octanol–water partition coefficient (Wildman–Crippen LogP) is 2.34. The zero-order chi connectivity index (χ0) is 18.5. The summed E-state index contributed by atoms with van der Waals surface area (Å²) in [6.45, 7) is 0.519. The van der Waals surface area contributed by atoms with Crippen LogP contribution in [0.15, 0.2) is 55.1 Å². The molecule has 2 N–H and O–H groups in total. The number of rotatable bonds is 6. The highest BCUT2D eigenvalue weighted by Crippen LogP contribution is 2.14. The van der Waals surface area contributed by atoms with Crippen molar-refractivity contribution in [3.05, 3.63) is 77.6 Å². The van der Waals surface area contributed by atoms with Gasteiger partial charge < -0.3 is 10.4 Å². The van der Waals surface area contributed by atoms with Crippen LogP contribution in [0.1, 0.15) is 21.5 Å². The molecule has 3 aromatic rings. The number of hydrogen-bond acceptors (Lipinski definition) is 4. The standard InChI is InChI=1S/C18H15FN4O3/c19-16-7-12(4-5-15(16)18(25)26)8-17(24)22-14-3-1-2-13(6-14)9-23-11-20-10-21-23/h1-7,10-11H,8-9H2,(H,22,24)(H,25,26). The fourth-order valence-electron chi connectivity index (χ4n) is 2.48. The Bertz CT molecular complexity index is 941. The lowest BCUT2D eigenvalue weighted by Crippen LogP contribution is -2.15. The van der Waals surface area contributed by atoms with E-state index in [1.54, 1.807) is 17.1 Å². The maximum absolute atomic E-state index is 13.7. The van der Waals surface area contributed by atoms with Crippen molar-refractivity contribution in [3.8, 4) is 0 Å². The first-order valence-electron chi connectivity index (χ1n) is 7.74. The molecule has 0 radical (unpaired) electrons. The fraction of sp³-hybridized carbons (Fsp3) is 0.111. The van der Waals surface area contributed by atoms with E-state index in [2.05, 4.69) is 15.4 Å². The lowest BCUT2D eigenvalue weighted by molar-refractivity contribution is -0.115. The van der Waals surface area contributed by atoms with Gasteiger partial charge in [0.15, 0.2) is 0 Å². The van der Waals surface area contributed by atoms with Gasteiger partial charge in [-0.15, -0.1) is 0 Å². The summed E-state index contributed by atoms with van der Waals surface area (Å²) in [5, 5.41) is 15.6. The molecule has 0 saturated carbocycles. The number of nitrogens with zero attached hydrogens (tertiary/aromatic N) is 3. The highest BCUT2D eigenvalue weighted by molar-refractivity contribution is 5.92. The molecule has 1 amide bonds. The Morgan fingerprint density at radius 1 is 1.15 bits per heavy atom. The third-order valence-electron chi connectivity index (χ3n) is 3.65. The van der Waals surface area contributed by atoms with Crippen LogP contribution in [-0.2, 0) is 17.8 Å². The molecule has 8 heteroatoms. The minimum Gasteiger partial charge on any atom is -0.478 e. The molecule has 132 valence electrons. The third-order valence-corrected chi connectivity index (χ3v) is 3.65. The first-order valence-corrected chi connectivity index (χ1v) is 7.74. The quantitative estimate of drug-likeness (QED) is 0.708. The van der Waals surface area contributed by atoms with Crippen LogP contribution in [0.3, 0.4) is 0 Å². The molecule has 0 aliphatic heterocycles. The van der Waals surface area contributed by atoms with Gasteiger partial charge in [-0.2, -0.15) is 5.10 Å². The van der Waals surface area contributed by atoms with E-state index in [1.807, 2.05) is 18.2 Å². The van der Waals surface area contributed by atoms with Gasteiger partial charge in [0.1, 0.15) is 18.5 Å². The SMILES string of the molecule is O=C(Cc1ccc(C(=O)O)c(F)c1)Nc1cccc(Cn2cncn2)c1. The van der Waals surface area contributed by atoms with E-state index in [9.17, 15) is 14.0 Å². The molecule has 0 unspecified atom stereocenters. The number of amides is 1. The van der Waals surface area contributed by atoms with Gasteiger partial charge in [0, 0.05) is 5.69 Å². The highest BCUT2D eigenvalue weighted by Gasteiger charge is 2.12. The number of benzene rings is 2. The van der Waals surface area contributed by atoms with Crippen LogP contribution in [0.5, 0.6) is 0 Å². The topological polar surface area (TPSA) is 97.1 Å². The third kappa shape index (κ3) is 4.29. The van der Waals surface area contributed by atoms with Gasteiger partial charge >= 0.3 is 5.97 Å². The summed E-state index contributed by atoms with van der Waals surface area (Å²) >= 11 is 0. The van der Waals surface area contributed by atoms with Crippen LogP contribution in [0, 0.1) is 5.82 Å². The first-order chi connectivity index (χ1) is 12.5. The van der Waals surface area contributed by atoms with Gasteiger partial charge in [0.25, 0.3) is 0 Å². The average Bonchev–Trinajstić information content (AvgIpc) is 3.07. The molecule has 0 aliphatic rings. The Hall–Kier alpha value is -3.55. The second-order valence-corrected chi connectivity index (χ2v) is 5.64. The number of anilines is 1. The van der Waals surface area contributed by atoms with Crippen molar-refractivity contribution in [1.29, 1.82) is 0 Å². The van der Waals surface area contributed by atoms with Crippen LogP contribution < -0.4 is 5.32 Å². The van der Waals surface area contributed by atoms with Crippen molar-refractivity contribution < 1.29 is 19.1 Å². The van der Waals surface area contributed by atoms with Gasteiger partial charge in [0.2, 0.25) is 5.91 Å². The lowest BCUT2D eigenvalue weighted by atomic mass is 10.1. The van der Waals surface area contributed by atoms with Crippen LogP contribution in [0.4, 0.5) is 10.1 Å². The molecule has 7 nitrogen and oxygen atoms in total. The van der Waals surface area contributed by atoms with E-state index in [1.165, 1.54) is 12.4 Å². The van der Waals surface area contributed by atoms with Crippen molar-refractivity contribution in [2.75, 3.05) is 5.32 Å². The van der Waals surface area contributed by atoms with E-state index in [-0.39, 0.29) is 12.3 Å². The Balaban J connectivity index is 1.65. The second kappa shape index (κ2) is 7.56. The minimum atomic E-state index is -1.34. The smallest absolute Gasteiger partial charge is 0.338 e. The number of carboxylic acid groups (broad SMARTS) is 1. The molecule has 0 saturated heterocycles. The van der Waals surface area contributed by atoms with Crippen LogP contribution >= 0.6 is 0 Å². The van der Waals surface area contributed by atoms with Crippen molar-refractivity contribution in [2.24, 2.45) is 0 Å². The molecule has 0 fully saturated rings. The number of carboxylic acids is 1. The molecule has 0 bridgehead atoms. The van der Waals surface area contributed by atoms with Crippen molar-refractivity contribution >= 4 is 17.6 Å². The maximum Gasteiger partial charge on any atom is 0.338 e. The highest BCUT2D eigenvalue weighted by atomic mass is 19.1. The summed E-state index contributed by atoms with van der Waals surface area (Å²) in [5.74, 6) is -2.54. The molecule has 0 atom stereocenters. The molecular weight excluding hydrogens is 339 g/mol. The fourth-order valence-corrected chi connectivity index (χ4v) is 2.48. The summed E-state index contributed by atoms with van der Waals surface area (Å²) < 4.78 is 15.3. The molecule has 0 aliphatic carbocycles. The summed E-state index contributed by atoms with van der Waals surface area (Å²) in [7, 11) is 0. The lowest BCUT2D eigenvalue weighted by Gasteiger charge is -2.08. The Labute approximate surface area is 148 Å². The van der Waals surface area contributed by atoms with E-state index in [0.29, 0.717) is 17.8 Å². The first kappa shape index (κ1) is 17.3. The molecule has 1 aromatic heterocycles. The minimum absolute atomic E-state index is 0.0654. The number of nitrogens with one attached hydrogen (secondary N) is 1. The molecule has 1 heterocycles. The summed E-state index contributed by atoms with van der Waals surface area (Å²) in [4.78, 5) is 26.9. The number of carbonyl (C=O) groups is 2. The number of aromatic carboxylic acids is 1. The van der Waals surface area contributed by atoms with E-state index < -0.39 is 17.3 Å². The molecule has 0 spiro atoms. The van der Waals surface area contributed by atoms with Gasteiger partial charge in [-0.05, 0) is 35.4 Å². The van der Waals surface area contributed by atoms with E-state index in [0.717, 1.165) is 17.7 Å². The Kier molecular flexibility index (Phi) is 5.02. The number of aromatic nitrogens is 3. The average molecular weight is 354 g/mol. The van der Waals surface area contributed by atoms with Gasteiger partial charge in [-0.1, -0.05) is 18.2 Å². The Morgan fingerprint density at radius 2 is 2.00 bits per heavy atom. The van der Waals surface area contributed by atoms with Crippen LogP contribution in [-0.4, -0.2) is 31.7 Å². The van der Waals surface area contributed by atoms with Crippen LogP contribution in [0.25, 0.3) is 0 Å². The number of carbonyl (C=O) groups excluding carboxylic acids is 1. The van der Waals surface area contributed by atoms with Gasteiger partial charge in [0.05, 0.1) is 18.5 Å². The summed E-state index contributed by atoms with van der Waals surface area (Å²) in [5.41, 5.74) is 1.51. The molecule has 3 rings (SSSR count). The number of halogens is 1. The molecule has 26 heavy (non-hydrogen) atoms. The monoisotopic (exact) mass is 354 g/mol. The largest absolute Gasteiger partial charge is 0.478 e. The van der Waals surface area contributed by atoms with Crippen molar-refractivity contribution in [1.82, 2.24) is 14.8 Å². The summed E-state index contributed by atoms with van der Waals surface area (Å²) in [6, 6.07) is 10.9. The van der Waals surface area contributed by atoms with E-state index >= 15 is 0 Å². The van der Waals surface area contributed by atoms with Gasteiger partial charge in [-0.25, -0.2) is 18.9 Å². The Morgan fingerprint density at radius 3 is 2.69 bits per heavy atom. The zero-order valence-corrected chi connectivity index (χ0v) is 13.6. The van der Waals surface area contributed by atoms with E-state index in [4.69, 9.17) is 5.11 Å². The maximum atomic E-state index is 13.7. The van der Waals surface area contributed by atoms with Crippen molar-refractivity contribution in [3.63, 3.8) is 0 Å². The second-order valence-electron chi connectivity index (χ2n) is 5.64. The molecule has 2 aromatic carbocycles. The molecular formula is C18H15FN4O3. The van der Waals surface area contributed by atoms with Crippen LogP contribution in [0.2, 0.25) is 0 Å². The van der Waals surface area contributed by atoms with Gasteiger partial charge in [-0.3, -0.25) is 4.79 Å². The number of hydrogen-bond donors (Lipinski definition) is 2. The summed E-state index contributed by atoms with van der Waals surface area (Å²) in [6.07, 6.45) is 2.98.